The molecule has 0 aliphatic heterocycles. The van der Waals surface area contributed by atoms with Crippen LogP contribution in [0.25, 0.3) is 39.3 Å². The number of fused-ring (bicyclic) bond motifs is 1. The molecule has 38 heavy (non-hydrogen) atoms. The largest absolute Gasteiger partial charge is 0.358 e. The fraction of sp³-hybridized carbons (Fsp3) is 0.167. The zero-order valence-corrected chi connectivity index (χ0v) is 21.6. The minimum Gasteiger partial charge on any atom is -0.358 e. The molecule has 0 saturated carbocycles. The van der Waals surface area contributed by atoms with Gasteiger partial charge in [0.25, 0.3) is 0 Å². The summed E-state index contributed by atoms with van der Waals surface area (Å²) in [6.45, 7) is 12.2. The monoisotopic (exact) mass is 502 g/mol. The maximum atomic E-state index is 4.94. The molecule has 0 unspecified atom stereocenters. The van der Waals surface area contributed by atoms with Gasteiger partial charge in [-0.3, -0.25) is 20.1 Å². The average molecular weight is 503 g/mol. The fourth-order valence-corrected chi connectivity index (χ4v) is 4.35. The second-order valence-corrected chi connectivity index (χ2v) is 9.10. The van der Waals surface area contributed by atoms with Crippen LogP contribution in [0.4, 0.5) is 5.69 Å². The van der Waals surface area contributed by atoms with Crippen LogP contribution in [0.5, 0.6) is 0 Å². The summed E-state index contributed by atoms with van der Waals surface area (Å²) in [6, 6.07) is 7.97. The van der Waals surface area contributed by atoms with Crippen LogP contribution in [0, 0.1) is 6.92 Å². The molecule has 0 saturated heterocycles. The number of hydrogen-bond acceptors (Lipinski definition) is 6. The van der Waals surface area contributed by atoms with Crippen molar-refractivity contribution in [2.75, 3.05) is 5.32 Å². The van der Waals surface area contributed by atoms with Crippen LogP contribution < -0.4 is 5.32 Å². The summed E-state index contributed by atoms with van der Waals surface area (Å²) in [5, 5.41) is 11.9. The normalized spacial score (nSPS) is 11.6. The molecule has 8 nitrogen and oxygen atoms in total. The van der Waals surface area contributed by atoms with E-state index in [0.717, 1.165) is 81.0 Å². The van der Waals surface area contributed by atoms with E-state index < -0.39 is 0 Å². The topological polar surface area (TPSA) is 108 Å². The molecule has 5 aromatic rings. The molecular formula is C30H30N8. The van der Waals surface area contributed by atoms with E-state index in [9.17, 15) is 0 Å². The highest BCUT2D eigenvalue weighted by Gasteiger charge is 2.18. The number of unbranched alkanes of at least 4 members (excludes halogenated alkanes) is 1. The first-order chi connectivity index (χ1) is 18.6. The summed E-state index contributed by atoms with van der Waals surface area (Å²) in [5.74, 6) is 0.667. The van der Waals surface area contributed by atoms with Gasteiger partial charge >= 0.3 is 0 Å². The van der Waals surface area contributed by atoms with Crippen LogP contribution in [-0.2, 0) is 0 Å². The van der Waals surface area contributed by atoms with E-state index in [1.807, 2.05) is 49.7 Å². The van der Waals surface area contributed by atoms with Crippen molar-refractivity contribution < 1.29 is 0 Å². The minimum absolute atomic E-state index is 0.667. The van der Waals surface area contributed by atoms with E-state index in [2.05, 4.69) is 55.5 Å². The van der Waals surface area contributed by atoms with E-state index >= 15 is 0 Å². The molecule has 0 fully saturated rings. The molecule has 0 spiro atoms. The van der Waals surface area contributed by atoms with E-state index in [1.54, 1.807) is 24.7 Å². The first kappa shape index (κ1) is 24.8. The van der Waals surface area contributed by atoms with Gasteiger partial charge in [-0.2, -0.15) is 5.10 Å². The molecule has 190 valence electrons. The zero-order valence-electron chi connectivity index (χ0n) is 21.6. The van der Waals surface area contributed by atoms with Crippen molar-refractivity contribution in [3.8, 4) is 22.8 Å². The van der Waals surface area contributed by atoms with Gasteiger partial charge in [-0.25, -0.2) is 4.98 Å². The highest BCUT2D eigenvalue weighted by Crippen LogP contribution is 2.31. The lowest BCUT2D eigenvalue weighted by Crippen LogP contribution is -1.99. The molecule has 0 aliphatic carbocycles. The van der Waals surface area contributed by atoms with Gasteiger partial charge in [0, 0.05) is 52.1 Å². The molecule has 0 amide bonds. The van der Waals surface area contributed by atoms with Crippen molar-refractivity contribution in [3.63, 3.8) is 0 Å². The van der Waals surface area contributed by atoms with Crippen molar-refractivity contribution in [1.82, 2.24) is 35.1 Å². The Hall–Kier alpha value is -4.85. The maximum absolute atomic E-state index is 4.94. The SMILES string of the molecule is C=C/C=C(/c1cccnc1)c1nc(-c2n[nH]c3cnc(-c4cncc(NC(=C)CCCC)c4)cc23)[nH]c1C. The third-order valence-corrected chi connectivity index (χ3v) is 6.26. The number of hydrogen-bond donors (Lipinski definition) is 3. The number of aromatic amines is 2. The average Bonchev–Trinajstić information content (AvgIpc) is 3.54. The predicted octanol–water partition coefficient (Wildman–Crippen LogP) is 6.85. The first-order valence-electron chi connectivity index (χ1n) is 12.6. The number of allylic oxidation sites excluding steroid dienone is 3. The van der Waals surface area contributed by atoms with E-state index in [0.29, 0.717) is 5.82 Å². The molecule has 5 rings (SSSR count). The summed E-state index contributed by atoms with van der Waals surface area (Å²) < 4.78 is 0. The van der Waals surface area contributed by atoms with Gasteiger partial charge in [0.2, 0.25) is 0 Å². The minimum atomic E-state index is 0.667. The lowest BCUT2D eigenvalue weighted by atomic mass is 10.0. The standard InChI is InChI=1S/C30H30N8/c1-5-7-10-19(3)34-23-13-22(16-32-17-23)26-14-25-27(18-33-26)37-38-29(25)30-35-20(4)28(36-30)24(9-6-2)21-11-8-12-31-15-21/h6,8-9,11-18,34H,2-3,5,7,10H2,1,4H3,(H,35,36)(H,37,38)/b24-9-. The first-order valence-corrected chi connectivity index (χ1v) is 12.6. The lowest BCUT2D eigenvalue weighted by Gasteiger charge is -2.10. The number of imidazole rings is 1. The van der Waals surface area contributed by atoms with Crippen LogP contribution in [0.1, 0.15) is 43.1 Å². The highest BCUT2D eigenvalue weighted by atomic mass is 15.1. The lowest BCUT2D eigenvalue weighted by molar-refractivity contribution is 0.791. The summed E-state index contributed by atoms with van der Waals surface area (Å²) in [4.78, 5) is 21.7. The molecule has 0 atom stereocenters. The van der Waals surface area contributed by atoms with Crippen LogP contribution >= 0.6 is 0 Å². The van der Waals surface area contributed by atoms with Gasteiger partial charge in [-0.15, -0.1) is 0 Å². The summed E-state index contributed by atoms with van der Waals surface area (Å²) in [7, 11) is 0. The molecule has 0 aromatic carbocycles. The number of pyridine rings is 3. The van der Waals surface area contributed by atoms with Gasteiger partial charge in [0.05, 0.1) is 35.0 Å². The maximum Gasteiger partial charge on any atom is 0.159 e. The van der Waals surface area contributed by atoms with Crippen LogP contribution in [0.15, 0.2) is 86.3 Å². The molecule has 0 aliphatic rings. The van der Waals surface area contributed by atoms with E-state index in [1.165, 1.54) is 0 Å². The van der Waals surface area contributed by atoms with Crippen molar-refractivity contribution >= 4 is 22.2 Å². The molecule has 5 aromatic heterocycles. The summed E-state index contributed by atoms with van der Waals surface area (Å²) >= 11 is 0. The second-order valence-electron chi connectivity index (χ2n) is 9.10. The van der Waals surface area contributed by atoms with Gasteiger partial charge in [-0.1, -0.05) is 44.7 Å². The summed E-state index contributed by atoms with van der Waals surface area (Å²) in [5.41, 5.74) is 8.75. The Balaban J connectivity index is 1.50. The number of aromatic nitrogens is 7. The molecular weight excluding hydrogens is 472 g/mol. The second kappa shape index (κ2) is 11.0. The number of nitrogens with one attached hydrogen (secondary N) is 3. The Morgan fingerprint density at radius 2 is 2.03 bits per heavy atom. The Kier molecular flexibility index (Phi) is 7.21. The van der Waals surface area contributed by atoms with Gasteiger partial charge in [0.1, 0.15) is 5.69 Å². The molecule has 0 radical (unpaired) electrons. The van der Waals surface area contributed by atoms with Crippen molar-refractivity contribution in [2.24, 2.45) is 0 Å². The third-order valence-electron chi connectivity index (χ3n) is 6.26. The Morgan fingerprint density at radius 3 is 2.82 bits per heavy atom. The quantitative estimate of drug-likeness (QED) is 0.180. The Bertz CT molecular complexity index is 1620. The molecule has 0 bridgehead atoms. The van der Waals surface area contributed by atoms with Gasteiger partial charge in [-0.05, 0) is 38.0 Å². The number of H-pyrrole nitrogens is 2. The van der Waals surface area contributed by atoms with E-state index in [-0.39, 0.29) is 0 Å². The summed E-state index contributed by atoms with van der Waals surface area (Å²) in [6.07, 6.45) is 15.8. The van der Waals surface area contributed by atoms with Crippen LogP contribution in [-0.4, -0.2) is 35.1 Å². The number of anilines is 1. The van der Waals surface area contributed by atoms with Gasteiger partial charge < -0.3 is 10.3 Å². The fourth-order valence-electron chi connectivity index (χ4n) is 4.35. The van der Waals surface area contributed by atoms with Gasteiger partial charge in [0.15, 0.2) is 5.82 Å². The van der Waals surface area contributed by atoms with E-state index in [4.69, 9.17) is 4.98 Å². The molecule has 8 heteroatoms. The van der Waals surface area contributed by atoms with Crippen LogP contribution in [0.2, 0.25) is 0 Å². The molecule has 5 heterocycles. The van der Waals surface area contributed by atoms with Crippen LogP contribution in [0.3, 0.4) is 0 Å². The smallest absolute Gasteiger partial charge is 0.159 e. The Morgan fingerprint density at radius 1 is 1.13 bits per heavy atom. The third kappa shape index (κ3) is 5.15. The van der Waals surface area contributed by atoms with Crippen molar-refractivity contribution in [3.05, 3.63) is 103 Å². The number of rotatable bonds is 10. The number of aryl methyl sites for hydroxylation is 1. The van der Waals surface area contributed by atoms with Crippen molar-refractivity contribution in [1.29, 1.82) is 0 Å². The Labute approximate surface area is 221 Å². The zero-order chi connectivity index (χ0) is 26.5. The number of nitrogens with zero attached hydrogens (tertiary/aromatic N) is 5. The van der Waals surface area contributed by atoms with Crippen molar-refractivity contribution in [2.45, 2.75) is 33.1 Å². The predicted molar refractivity (Wildman–Crippen MR) is 153 cm³/mol. The molecule has 3 N–H and O–H groups in total. The highest BCUT2D eigenvalue weighted by molar-refractivity contribution is 5.93.